The number of benzene rings is 9. The molecule has 0 atom stereocenters. The topological polar surface area (TPSA) is 35.6 Å². The average molecular weight is 791 g/mol. The lowest BCUT2D eigenvalue weighted by molar-refractivity contribution is 1.18. The van der Waals surface area contributed by atoms with Crippen LogP contribution in [-0.4, -0.2) is 19.1 Å². The molecule has 12 aromatic rings. The minimum Gasteiger partial charge on any atom is -0.309 e. The Morgan fingerprint density at radius 3 is 1.19 bits per heavy atom. The number of para-hydroxylation sites is 3. The quantitative estimate of drug-likeness (QED) is 0.161. The molecular formula is C58H38N4. The Hall–Kier alpha value is -8.34. The van der Waals surface area contributed by atoms with Gasteiger partial charge in [0.15, 0.2) is 5.82 Å². The van der Waals surface area contributed by atoms with Crippen LogP contribution in [0.15, 0.2) is 231 Å². The van der Waals surface area contributed by atoms with Crippen LogP contribution >= 0.6 is 0 Å². The van der Waals surface area contributed by atoms with E-state index in [4.69, 9.17) is 9.97 Å². The Bertz CT molecular complexity index is 3530. The summed E-state index contributed by atoms with van der Waals surface area (Å²) in [5.41, 5.74) is 16.7. The smallest absolute Gasteiger partial charge is 0.160 e. The van der Waals surface area contributed by atoms with Crippen molar-refractivity contribution in [1.82, 2.24) is 19.1 Å². The molecule has 0 aliphatic heterocycles. The molecule has 62 heavy (non-hydrogen) atoms. The van der Waals surface area contributed by atoms with Gasteiger partial charge in [-0.05, 0) is 76.9 Å². The predicted octanol–water partition coefficient (Wildman–Crippen LogP) is 15.0. The van der Waals surface area contributed by atoms with Crippen LogP contribution in [0.5, 0.6) is 0 Å². The van der Waals surface area contributed by atoms with E-state index in [1.54, 1.807) is 0 Å². The third-order valence-electron chi connectivity index (χ3n) is 12.2. The Labute approximate surface area is 359 Å². The van der Waals surface area contributed by atoms with E-state index in [-0.39, 0.29) is 0 Å². The lowest BCUT2D eigenvalue weighted by Gasteiger charge is -2.12. The Morgan fingerprint density at radius 2 is 0.661 bits per heavy atom. The summed E-state index contributed by atoms with van der Waals surface area (Å²) >= 11 is 0. The van der Waals surface area contributed by atoms with E-state index >= 15 is 0 Å². The summed E-state index contributed by atoms with van der Waals surface area (Å²) in [6.45, 7) is 0. The van der Waals surface area contributed by atoms with Crippen molar-refractivity contribution in [3.8, 4) is 67.5 Å². The van der Waals surface area contributed by atoms with Gasteiger partial charge >= 0.3 is 0 Å². The summed E-state index contributed by atoms with van der Waals surface area (Å²) in [6, 6.07) is 82.1. The first-order chi connectivity index (χ1) is 30.8. The van der Waals surface area contributed by atoms with Crippen molar-refractivity contribution in [3.05, 3.63) is 231 Å². The number of hydrogen-bond acceptors (Lipinski definition) is 2. The highest BCUT2D eigenvalue weighted by Crippen LogP contribution is 2.41. The number of rotatable bonds is 7. The van der Waals surface area contributed by atoms with Crippen molar-refractivity contribution in [1.29, 1.82) is 0 Å². The predicted molar refractivity (Wildman–Crippen MR) is 258 cm³/mol. The molecule has 290 valence electrons. The summed E-state index contributed by atoms with van der Waals surface area (Å²) in [6.07, 6.45) is 0. The second-order valence-electron chi connectivity index (χ2n) is 15.8. The molecular weight excluding hydrogens is 753 g/mol. The first-order valence-electron chi connectivity index (χ1n) is 21.1. The van der Waals surface area contributed by atoms with Gasteiger partial charge in [-0.1, -0.05) is 176 Å². The van der Waals surface area contributed by atoms with Crippen molar-refractivity contribution >= 4 is 43.6 Å². The molecule has 0 amide bonds. The van der Waals surface area contributed by atoms with E-state index < -0.39 is 0 Å². The molecule has 9 aromatic carbocycles. The highest BCUT2D eigenvalue weighted by atomic mass is 15.0. The lowest BCUT2D eigenvalue weighted by atomic mass is 9.97. The van der Waals surface area contributed by atoms with Gasteiger partial charge in [-0.25, -0.2) is 9.97 Å². The van der Waals surface area contributed by atoms with Gasteiger partial charge in [0.05, 0.1) is 33.5 Å². The zero-order valence-electron chi connectivity index (χ0n) is 33.7. The van der Waals surface area contributed by atoms with Crippen LogP contribution in [0.25, 0.3) is 111 Å². The molecule has 4 heteroatoms. The van der Waals surface area contributed by atoms with E-state index in [2.05, 4.69) is 215 Å². The van der Waals surface area contributed by atoms with Gasteiger partial charge in [-0.3, -0.25) is 0 Å². The van der Waals surface area contributed by atoms with Gasteiger partial charge in [0.1, 0.15) is 0 Å². The van der Waals surface area contributed by atoms with Crippen LogP contribution in [-0.2, 0) is 0 Å². The average Bonchev–Trinajstić information content (AvgIpc) is 3.88. The Kier molecular flexibility index (Phi) is 8.46. The molecule has 0 spiro atoms. The van der Waals surface area contributed by atoms with Crippen molar-refractivity contribution in [2.75, 3.05) is 0 Å². The number of nitrogens with zero attached hydrogens (tertiary/aromatic N) is 4. The van der Waals surface area contributed by atoms with Crippen LogP contribution in [0.1, 0.15) is 0 Å². The Morgan fingerprint density at radius 1 is 0.274 bits per heavy atom. The van der Waals surface area contributed by atoms with Gasteiger partial charge in [0.2, 0.25) is 0 Å². The number of fused-ring (bicyclic) bond motifs is 6. The normalized spacial score (nSPS) is 11.5. The van der Waals surface area contributed by atoms with Crippen LogP contribution in [0.4, 0.5) is 0 Å². The minimum absolute atomic E-state index is 0.712. The number of aromatic nitrogens is 4. The van der Waals surface area contributed by atoms with E-state index in [0.717, 1.165) is 45.0 Å². The minimum atomic E-state index is 0.712. The van der Waals surface area contributed by atoms with Crippen molar-refractivity contribution in [2.24, 2.45) is 0 Å². The Balaban J connectivity index is 0.944. The third-order valence-corrected chi connectivity index (χ3v) is 12.2. The fraction of sp³-hybridized carbons (Fsp3) is 0. The molecule has 0 fully saturated rings. The summed E-state index contributed by atoms with van der Waals surface area (Å²) in [5, 5.41) is 4.97. The molecule has 0 bridgehead atoms. The molecule has 0 aliphatic rings. The summed E-state index contributed by atoms with van der Waals surface area (Å²) < 4.78 is 4.79. The lowest BCUT2D eigenvalue weighted by Crippen LogP contribution is -1.96. The zero-order chi connectivity index (χ0) is 41.0. The van der Waals surface area contributed by atoms with E-state index in [0.29, 0.717) is 5.82 Å². The fourth-order valence-corrected chi connectivity index (χ4v) is 9.33. The van der Waals surface area contributed by atoms with Crippen LogP contribution in [0, 0.1) is 0 Å². The number of hydrogen-bond donors (Lipinski definition) is 0. The van der Waals surface area contributed by atoms with Crippen molar-refractivity contribution in [3.63, 3.8) is 0 Å². The monoisotopic (exact) mass is 790 g/mol. The van der Waals surface area contributed by atoms with E-state index in [9.17, 15) is 0 Å². The molecule has 0 unspecified atom stereocenters. The third kappa shape index (κ3) is 5.92. The van der Waals surface area contributed by atoms with Crippen molar-refractivity contribution in [2.45, 2.75) is 0 Å². The largest absolute Gasteiger partial charge is 0.309 e. The maximum absolute atomic E-state index is 5.08. The molecule has 0 saturated carbocycles. The molecule has 3 heterocycles. The maximum Gasteiger partial charge on any atom is 0.160 e. The van der Waals surface area contributed by atoms with E-state index in [1.807, 2.05) is 24.3 Å². The zero-order valence-corrected chi connectivity index (χ0v) is 33.7. The van der Waals surface area contributed by atoms with Gasteiger partial charge in [-0.15, -0.1) is 0 Å². The van der Waals surface area contributed by atoms with Crippen LogP contribution < -0.4 is 0 Å². The van der Waals surface area contributed by atoms with E-state index in [1.165, 1.54) is 60.3 Å². The standard InChI is InChI=1S/C58H38N4/c1-4-16-41(17-5-1)50-38-51(60-58(59-50)43-18-6-2-7-19-43)42-32-30-39(31-33-42)46-24-14-29-55-56(46)49-23-11-13-27-53(49)62(55)45-36-34-40(35-37-45)47-25-15-28-54-57(47)48-22-10-12-26-52(48)61(54)44-20-8-3-9-21-44/h1-38H. The highest BCUT2D eigenvalue weighted by molar-refractivity contribution is 6.17. The molecule has 0 aliphatic carbocycles. The molecule has 4 nitrogen and oxygen atoms in total. The first kappa shape index (κ1) is 35.6. The van der Waals surface area contributed by atoms with Crippen LogP contribution in [0.2, 0.25) is 0 Å². The van der Waals surface area contributed by atoms with Gasteiger partial charge < -0.3 is 9.13 Å². The maximum atomic E-state index is 5.08. The summed E-state index contributed by atoms with van der Waals surface area (Å²) in [7, 11) is 0. The van der Waals surface area contributed by atoms with Crippen LogP contribution in [0.3, 0.4) is 0 Å². The molecule has 0 N–H and O–H groups in total. The first-order valence-corrected chi connectivity index (χ1v) is 21.1. The van der Waals surface area contributed by atoms with Gasteiger partial charge in [-0.2, -0.15) is 0 Å². The fourth-order valence-electron chi connectivity index (χ4n) is 9.33. The molecule has 3 aromatic heterocycles. The second-order valence-corrected chi connectivity index (χ2v) is 15.8. The summed E-state index contributed by atoms with van der Waals surface area (Å²) in [4.78, 5) is 10.1. The molecule has 12 rings (SSSR count). The SMILES string of the molecule is c1ccc(-c2cc(-c3ccc(-c4cccc5c4c4ccccc4n5-c4ccc(-c5cccc6c5c5ccccc5n6-c5ccccc5)cc4)cc3)nc(-c3ccccc3)n2)cc1. The highest BCUT2D eigenvalue weighted by Gasteiger charge is 2.19. The van der Waals surface area contributed by atoms with Crippen molar-refractivity contribution < 1.29 is 0 Å². The second kappa shape index (κ2) is 14.7. The van der Waals surface area contributed by atoms with Gasteiger partial charge in [0.25, 0.3) is 0 Å². The van der Waals surface area contributed by atoms with Gasteiger partial charge in [0, 0.05) is 49.6 Å². The molecule has 0 saturated heterocycles. The summed E-state index contributed by atoms with van der Waals surface area (Å²) in [5.74, 6) is 0.712. The molecule has 0 radical (unpaired) electrons.